The second-order valence-corrected chi connectivity index (χ2v) is 4.26. The minimum absolute atomic E-state index is 0.155. The molecule has 2 N–H and O–H groups in total. The van der Waals surface area contributed by atoms with Crippen molar-refractivity contribution in [2.24, 2.45) is 0 Å². The molecule has 1 amide bonds. The molecule has 1 aliphatic heterocycles. The van der Waals surface area contributed by atoms with Gasteiger partial charge in [-0.2, -0.15) is 5.10 Å². The van der Waals surface area contributed by atoms with Gasteiger partial charge in [0.1, 0.15) is 5.69 Å². The van der Waals surface area contributed by atoms with Gasteiger partial charge in [-0.3, -0.25) is 9.59 Å². The smallest absolute Gasteiger partial charge is 0.274 e. The van der Waals surface area contributed by atoms with Gasteiger partial charge in [0, 0.05) is 37.5 Å². The Bertz CT molecular complexity index is 623. The predicted octanol–water partition coefficient (Wildman–Crippen LogP) is 0.296. The Hall–Kier alpha value is -2.37. The van der Waals surface area contributed by atoms with Gasteiger partial charge in [-0.15, -0.1) is 0 Å². The van der Waals surface area contributed by atoms with Crippen molar-refractivity contribution in [3.05, 3.63) is 51.7 Å². The molecule has 0 aliphatic carbocycles. The van der Waals surface area contributed by atoms with Gasteiger partial charge in [-0.1, -0.05) is 0 Å². The Morgan fingerprint density at radius 3 is 3.00 bits per heavy atom. The number of amides is 1. The van der Waals surface area contributed by atoms with E-state index in [1.165, 1.54) is 17.8 Å². The number of rotatable bonds is 1. The number of aromatic nitrogens is 3. The molecular formula is C12H12N4O2. The summed E-state index contributed by atoms with van der Waals surface area (Å²) in [5, 5.41) is 6.04. The zero-order valence-electron chi connectivity index (χ0n) is 9.64. The number of nitrogens with one attached hydrogen (secondary N) is 2. The zero-order chi connectivity index (χ0) is 12.5. The van der Waals surface area contributed by atoms with Gasteiger partial charge < -0.3 is 9.88 Å². The number of hydrogen-bond donors (Lipinski definition) is 2. The lowest BCUT2D eigenvalue weighted by Gasteiger charge is -2.26. The van der Waals surface area contributed by atoms with E-state index in [9.17, 15) is 9.59 Å². The molecule has 0 aromatic carbocycles. The molecule has 3 rings (SSSR count). The highest BCUT2D eigenvalue weighted by Crippen LogP contribution is 2.18. The first-order chi connectivity index (χ1) is 8.74. The van der Waals surface area contributed by atoms with Crippen molar-refractivity contribution >= 4 is 5.91 Å². The number of fused-ring (bicyclic) bond motifs is 1. The summed E-state index contributed by atoms with van der Waals surface area (Å²) in [6, 6.07) is 4.74. The molecule has 0 spiro atoms. The summed E-state index contributed by atoms with van der Waals surface area (Å²) in [6.07, 6.45) is 2.70. The fraction of sp³-hybridized carbons (Fsp3) is 0.250. The summed E-state index contributed by atoms with van der Waals surface area (Å²) in [7, 11) is 0. The van der Waals surface area contributed by atoms with Crippen molar-refractivity contribution in [3.8, 4) is 0 Å². The molecule has 0 saturated heterocycles. The van der Waals surface area contributed by atoms with Gasteiger partial charge in [0.2, 0.25) is 0 Å². The van der Waals surface area contributed by atoms with E-state index in [2.05, 4.69) is 15.2 Å². The summed E-state index contributed by atoms with van der Waals surface area (Å²) in [4.78, 5) is 28.0. The Morgan fingerprint density at radius 2 is 2.22 bits per heavy atom. The molecule has 3 heterocycles. The molecule has 18 heavy (non-hydrogen) atoms. The average Bonchev–Trinajstić information content (AvgIpc) is 2.86. The second-order valence-electron chi connectivity index (χ2n) is 4.26. The van der Waals surface area contributed by atoms with Crippen molar-refractivity contribution in [3.63, 3.8) is 0 Å². The Labute approximate surface area is 103 Å². The van der Waals surface area contributed by atoms with E-state index in [-0.39, 0.29) is 17.2 Å². The van der Waals surface area contributed by atoms with Gasteiger partial charge in [0.25, 0.3) is 11.5 Å². The van der Waals surface area contributed by atoms with Crippen molar-refractivity contribution < 1.29 is 4.79 Å². The Balaban J connectivity index is 1.82. The normalized spacial score (nSPS) is 14.3. The maximum Gasteiger partial charge on any atom is 0.274 e. The monoisotopic (exact) mass is 244 g/mol. The lowest BCUT2D eigenvalue weighted by atomic mass is 10.1. The largest absolute Gasteiger partial charge is 0.365 e. The topological polar surface area (TPSA) is 81.8 Å². The molecule has 0 fully saturated rings. The Morgan fingerprint density at radius 1 is 1.33 bits per heavy atom. The van der Waals surface area contributed by atoms with E-state index < -0.39 is 0 Å². The first-order valence-electron chi connectivity index (χ1n) is 5.74. The van der Waals surface area contributed by atoms with E-state index in [0.29, 0.717) is 13.1 Å². The lowest BCUT2D eigenvalue weighted by molar-refractivity contribution is 0.0727. The summed E-state index contributed by atoms with van der Waals surface area (Å²) in [5.41, 5.74) is 2.29. The first kappa shape index (κ1) is 10.8. The van der Waals surface area contributed by atoms with Crippen LogP contribution in [0.3, 0.4) is 0 Å². The van der Waals surface area contributed by atoms with E-state index >= 15 is 0 Å². The number of H-pyrrole nitrogens is 2. The van der Waals surface area contributed by atoms with Crippen LogP contribution in [0.25, 0.3) is 0 Å². The van der Waals surface area contributed by atoms with Gasteiger partial charge in [-0.25, -0.2) is 5.10 Å². The SMILES string of the molecule is O=C(c1ccc(=O)[nH]n1)N1CCc2[nH]ccc2C1. The van der Waals surface area contributed by atoms with Crippen LogP contribution in [0.4, 0.5) is 0 Å². The van der Waals surface area contributed by atoms with E-state index in [1.807, 2.05) is 12.3 Å². The van der Waals surface area contributed by atoms with Gasteiger partial charge in [-0.05, 0) is 17.7 Å². The third-order valence-corrected chi connectivity index (χ3v) is 3.11. The molecule has 2 aromatic heterocycles. The fourth-order valence-electron chi connectivity index (χ4n) is 2.15. The van der Waals surface area contributed by atoms with Crippen LogP contribution in [0.15, 0.2) is 29.2 Å². The molecule has 0 saturated carbocycles. The lowest BCUT2D eigenvalue weighted by Crippen LogP contribution is -2.36. The van der Waals surface area contributed by atoms with Gasteiger partial charge >= 0.3 is 0 Å². The van der Waals surface area contributed by atoms with Gasteiger partial charge in [0.05, 0.1) is 0 Å². The van der Waals surface area contributed by atoms with Crippen LogP contribution in [0.2, 0.25) is 0 Å². The van der Waals surface area contributed by atoms with E-state index in [4.69, 9.17) is 0 Å². The van der Waals surface area contributed by atoms with Crippen LogP contribution in [0, 0.1) is 0 Å². The van der Waals surface area contributed by atoms with Crippen LogP contribution in [-0.2, 0) is 13.0 Å². The third-order valence-electron chi connectivity index (χ3n) is 3.11. The number of nitrogens with zero attached hydrogens (tertiary/aromatic N) is 2. The molecule has 6 heteroatoms. The standard InChI is InChI=1S/C12H12N4O2/c17-11-2-1-10(14-15-11)12(18)16-6-4-9-8(7-16)3-5-13-9/h1-3,5,13H,4,6-7H2,(H,15,17). The summed E-state index contributed by atoms with van der Waals surface area (Å²) < 4.78 is 0. The third kappa shape index (κ3) is 1.81. The Kier molecular flexibility index (Phi) is 2.47. The number of hydrogen-bond acceptors (Lipinski definition) is 3. The molecule has 0 bridgehead atoms. The molecule has 0 radical (unpaired) electrons. The highest BCUT2D eigenvalue weighted by Gasteiger charge is 2.23. The number of carbonyl (C=O) groups excluding carboxylic acids is 1. The van der Waals surface area contributed by atoms with Crippen LogP contribution in [0.1, 0.15) is 21.7 Å². The van der Waals surface area contributed by atoms with Crippen molar-refractivity contribution in [2.45, 2.75) is 13.0 Å². The fourth-order valence-corrected chi connectivity index (χ4v) is 2.15. The number of aromatic amines is 2. The molecular weight excluding hydrogens is 232 g/mol. The molecule has 1 aliphatic rings. The van der Waals surface area contributed by atoms with Crippen LogP contribution in [-0.4, -0.2) is 32.5 Å². The summed E-state index contributed by atoms with van der Waals surface area (Å²) in [6.45, 7) is 1.24. The van der Waals surface area contributed by atoms with Crippen molar-refractivity contribution in [1.82, 2.24) is 20.1 Å². The molecule has 92 valence electrons. The van der Waals surface area contributed by atoms with Crippen LogP contribution in [0.5, 0.6) is 0 Å². The minimum Gasteiger partial charge on any atom is -0.365 e. The predicted molar refractivity (Wildman–Crippen MR) is 64.1 cm³/mol. The van der Waals surface area contributed by atoms with Gasteiger partial charge in [0.15, 0.2) is 0 Å². The van der Waals surface area contributed by atoms with Crippen molar-refractivity contribution in [1.29, 1.82) is 0 Å². The summed E-state index contributed by atoms with van der Waals surface area (Å²) >= 11 is 0. The zero-order valence-corrected chi connectivity index (χ0v) is 9.64. The van der Waals surface area contributed by atoms with Crippen LogP contribution < -0.4 is 5.56 Å². The van der Waals surface area contributed by atoms with E-state index in [0.717, 1.165) is 12.0 Å². The quantitative estimate of drug-likeness (QED) is 0.756. The molecule has 2 aromatic rings. The first-order valence-corrected chi connectivity index (χ1v) is 5.74. The average molecular weight is 244 g/mol. The minimum atomic E-state index is -0.307. The maximum atomic E-state index is 12.2. The molecule has 0 atom stereocenters. The second kappa shape index (κ2) is 4.14. The highest BCUT2D eigenvalue weighted by atomic mass is 16.2. The van der Waals surface area contributed by atoms with Crippen molar-refractivity contribution in [2.75, 3.05) is 6.54 Å². The van der Waals surface area contributed by atoms with E-state index in [1.54, 1.807) is 4.90 Å². The van der Waals surface area contributed by atoms with Crippen LogP contribution >= 0.6 is 0 Å². The molecule has 0 unspecified atom stereocenters. The summed E-state index contributed by atoms with van der Waals surface area (Å²) in [5.74, 6) is -0.155. The number of carbonyl (C=O) groups is 1. The maximum absolute atomic E-state index is 12.2. The highest BCUT2D eigenvalue weighted by molar-refractivity contribution is 5.92. The molecule has 6 nitrogen and oxygen atoms in total.